The summed E-state index contributed by atoms with van der Waals surface area (Å²) in [5.41, 5.74) is 6.64. The zero-order valence-corrected chi connectivity index (χ0v) is 13.3. The minimum Gasteiger partial charge on any atom is -0.446 e. The van der Waals surface area contributed by atoms with E-state index in [4.69, 9.17) is 15.3 Å². The van der Waals surface area contributed by atoms with E-state index in [-0.39, 0.29) is 23.2 Å². The second kappa shape index (κ2) is 6.90. The summed E-state index contributed by atoms with van der Waals surface area (Å²) in [6.45, 7) is 2.10. The van der Waals surface area contributed by atoms with Crippen LogP contribution in [0.5, 0.6) is 0 Å². The molecule has 2 rings (SSSR count). The van der Waals surface area contributed by atoms with E-state index in [0.717, 1.165) is 5.56 Å². The van der Waals surface area contributed by atoms with Crippen molar-refractivity contribution in [3.8, 4) is 0 Å². The summed E-state index contributed by atoms with van der Waals surface area (Å²) in [7, 11) is -3.72. The summed E-state index contributed by atoms with van der Waals surface area (Å²) in [6, 6.07) is 5.56. The van der Waals surface area contributed by atoms with E-state index in [1.54, 1.807) is 12.1 Å². The number of benzene rings is 1. The number of nitrogens with zero attached hydrogens (tertiary/aromatic N) is 1. The fraction of sp³-hybridized carbons (Fsp3) is 0.286. The van der Waals surface area contributed by atoms with Crippen LogP contribution in [0.2, 0.25) is 0 Å². The Morgan fingerprint density at radius 2 is 2.00 bits per heavy atom. The fourth-order valence-corrected chi connectivity index (χ4v) is 2.32. The van der Waals surface area contributed by atoms with E-state index < -0.39 is 15.9 Å². The Balaban J connectivity index is 1.98. The number of primary sulfonamides is 1. The normalized spacial score (nSPS) is 12.8. The van der Waals surface area contributed by atoms with Crippen molar-refractivity contribution in [2.75, 3.05) is 0 Å². The number of hydrogen-bond acceptors (Lipinski definition) is 6. The van der Waals surface area contributed by atoms with E-state index in [2.05, 4.69) is 10.3 Å². The Kier molecular flexibility index (Phi) is 5.14. The minimum absolute atomic E-state index is 0.0160. The first-order valence-electron chi connectivity index (χ1n) is 6.92. The van der Waals surface area contributed by atoms with Gasteiger partial charge in [-0.3, -0.25) is 4.79 Å². The third-order valence-electron chi connectivity index (χ3n) is 3.22. The van der Waals surface area contributed by atoms with Crippen LogP contribution in [0, 0.1) is 0 Å². The van der Waals surface area contributed by atoms with Crippen LogP contribution in [0.25, 0.3) is 0 Å². The molecule has 2 aromatic rings. The van der Waals surface area contributed by atoms with Crippen molar-refractivity contribution < 1.29 is 17.6 Å². The monoisotopic (exact) mass is 338 g/mol. The van der Waals surface area contributed by atoms with Crippen LogP contribution in [0.1, 0.15) is 41.3 Å². The summed E-state index contributed by atoms with van der Waals surface area (Å²) in [5.74, 6) is -0.0889. The predicted octanol–water partition coefficient (Wildman–Crippen LogP) is 0.662. The molecule has 0 bridgehead atoms. The topological polar surface area (TPSA) is 141 Å². The van der Waals surface area contributed by atoms with Gasteiger partial charge in [0.05, 0.1) is 10.9 Å². The van der Waals surface area contributed by atoms with Crippen LogP contribution in [-0.4, -0.2) is 19.3 Å². The molecule has 5 N–H and O–H groups in total. The van der Waals surface area contributed by atoms with E-state index in [0.29, 0.717) is 12.3 Å². The molecule has 1 aromatic heterocycles. The Bertz CT molecular complexity index is 783. The Morgan fingerprint density at radius 3 is 2.57 bits per heavy atom. The molecule has 1 heterocycles. The molecule has 0 fully saturated rings. The lowest BCUT2D eigenvalue weighted by Crippen LogP contribution is -2.23. The second-order valence-corrected chi connectivity index (χ2v) is 6.52. The molecule has 9 heteroatoms. The number of carbonyl (C=O) groups is 1. The van der Waals surface area contributed by atoms with Crippen LogP contribution in [0.3, 0.4) is 0 Å². The predicted molar refractivity (Wildman–Crippen MR) is 82.7 cm³/mol. The van der Waals surface area contributed by atoms with Crippen molar-refractivity contribution in [1.82, 2.24) is 10.3 Å². The highest BCUT2D eigenvalue weighted by Crippen LogP contribution is 2.13. The number of amides is 1. The lowest BCUT2D eigenvalue weighted by molar-refractivity contribution is 0.0946. The van der Waals surface area contributed by atoms with Gasteiger partial charge in [-0.05, 0) is 24.1 Å². The largest absolute Gasteiger partial charge is 0.446 e. The Morgan fingerprint density at radius 1 is 1.35 bits per heavy atom. The number of oxazole rings is 1. The molecule has 23 heavy (non-hydrogen) atoms. The Labute approximate surface area is 133 Å². The van der Waals surface area contributed by atoms with Gasteiger partial charge in [-0.1, -0.05) is 19.1 Å². The fourth-order valence-electron chi connectivity index (χ4n) is 1.81. The summed E-state index contributed by atoms with van der Waals surface area (Å²) < 4.78 is 27.5. The Hall–Kier alpha value is -2.23. The summed E-state index contributed by atoms with van der Waals surface area (Å²) in [6.07, 6.45) is 1.91. The highest BCUT2D eigenvalue weighted by Gasteiger charge is 2.15. The van der Waals surface area contributed by atoms with Crippen molar-refractivity contribution in [1.29, 1.82) is 0 Å². The zero-order chi connectivity index (χ0) is 17.0. The highest BCUT2D eigenvalue weighted by molar-refractivity contribution is 7.89. The average Bonchev–Trinajstić information content (AvgIpc) is 3.01. The quantitative estimate of drug-likeness (QED) is 0.706. The van der Waals surface area contributed by atoms with Crippen LogP contribution in [0.15, 0.2) is 39.8 Å². The van der Waals surface area contributed by atoms with Gasteiger partial charge in [0.2, 0.25) is 15.9 Å². The first kappa shape index (κ1) is 17.1. The maximum atomic E-state index is 12.0. The molecule has 8 nitrogen and oxygen atoms in total. The van der Waals surface area contributed by atoms with Gasteiger partial charge in [0, 0.05) is 6.54 Å². The molecule has 1 aromatic carbocycles. The molecule has 0 saturated carbocycles. The minimum atomic E-state index is -3.72. The first-order valence-corrected chi connectivity index (χ1v) is 8.47. The van der Waals surface area contributed by atoms with E-state index in [1.807, 2.05) is 6.92 Å². The molecule has 1 amide bonds. The van der Waals surface area contributed by atoms with Gasteiger partial charge < -0.3 is 15.5 Å². The highest BCUT2D eigenvalue weighted by atomic mass is 32.2. The molecule has 1 atom stereocenters. The van der Waals surface area contributed by atoms with Crippen molar-refractivity contribution in [2.24, 2.45) is 10.9 Å². The molecular formula is C14H18N4O4S. The maximum absolute atomic E-state index is 12.0. The molecule has 0 radical (unpaired) electrons. The number of rotatable bonds is 6. The number of hydrogen-bond donors (Lipinski definition) is 3. The van der Waals surface area contributed by atoms with Crippen molar-refractivity contribution in [2.45, 2.75) is 30.8 Å². The number of nitrogens with one attached hydrogen (secondary N) is 1. The van der Waals surface area contributed by atoms with Crippen LogP contribution in [0.4, 0.5) is 0 Å². The first-order chi connectivity index (χ1) is 10.8. The number of nitrogens with two attached hydrogens (primary N) is 2. The lowest BCUT2D eigenvalue weighted by atomic mass is 10.2. The van der Waals surface area contributed by atoms with Crippen LogP contribution < -0.4 is 16.2 Å². The molecule has 0 aliphatic rings. The third kappa shape index (κ3) is 4.38. The molecule has 1 unspecified atom stereocenters. The summed E-state index contributed by atoms with van der Waals surface area (Å²) >= 11 is 0. The van der Waals surface area contributed by atoms with Crippen molar-refractivity contribution >= 4 is 15.9 Å². The van der Waals surface area contributed by atoms with E-state index in [1.165, 1.54) is 18.4 Å². The van der Waals surface area contributed by atoms with Gasteiger partial charge in [0.1, 0.15) is 6.26 Å². The van der Waals surface area contributed by atoms with Gasteiger partial charge >= 0.3 is 0 Å². The van der Waals surface area contributed by atoms with Crippen LogP contribution >= 0.6 is 0 Å². The molecule has 0 saturated heterocycles. The van der Waals surface area contributed by atoms with E-state index >= 15 is 0 Å². The molecule has 0 spiro atoms. The van der Waals surface area contributed by atoms with E-state index in [9.17, 15) is 13.2 Å². The van der Waals surface area contributed by atoms with Gasteiger partial charge in [0.15, 0.2) is 5.69 Å². The zero-order valence-electron chi connectivity index (χ0n) is 12.5. The van der Waals surface area contributed by atoms with Gasteiger partial charge in [0.25, 0.3) is 5.91 Å². The smallest absolute Gasteiger partial charge is 0.273 e. The van der Waals surface area contributed by atoms with Crippen LogP contribution in [-0.2, 0) is 16.6 Å². The lowest BCUT2D eigenvalue weighted by Gasteiger charge is -2.04. The SMILES string of the molecule is CCC(N)c1nc(C(=O)NCc2ccc(S(N)(=O)=O)cc2)co1. The summed E-state index contributed by atoms with van der Waals surface area (Å²) in [4.78, 5) is 16.0. The molecular weight excluding hydrogens is 320 g/mol. The van der Waals surface area contributed by atoms with Crippen molar-refractivity contribution in [3.63, 3.8) is 0 Å². The molecule has 124 valence electrons. The van der Waals surface area contributed by atoms with Gasteiger partial charge in [-0.2, -0.15) is 0 Å². The molecule has 0 aliphatic heterocycles. The van der Waals surface area contributed by atoms with Crippen molar-refractivity contribution in [3.05, 3.63) is 47.7 Å². The molecule has 0 aliphatic carbocycles. The number of aromatic nitrogens is 1. The van der Waals surface area contributed by atoms with Gasteiger partial charge in [-0.25, -0.2) is 18.5 Å². The maximum Gasteiger partial charge on any atom is 0.273 e. The summed E-state index contributed by atoms with van der Waals surface area (Å²) in [5, 5.41) is 7.68. The second-order valence-electron chi connectivity index (χ2n) is 4.96. The van der Waals surface area contributed by atoms with Gasteiger partial charge in [-0.15, -0.1) is 0 Å². The third-order valence-corrected chi connectivity index (χ3v) is 4.15. The number of carbonyl (C=O) groups excluding carboxylic acids is 1. The number of sulfonamides is 1. The average molecular weight is 338 g/mol. The standard InChI is InChI=1S/C14H18N4O4S/c1-2-11(15)14-18-12(8-22-14)13(19)17-7-9-3-5-10(6-4-9)23(16,20)21/h3-6,8,11H,2,7,15H2,1H3,(H,17,19)(H2,16,20,21).